The van der Waals surface area contributed by atoms with Crippen molar-refractivity contribution in [3.8, 4) is 0 Å². The molecule has 0 atom stereocenters. The lowest BCUT2D eigenvalue weighted by Gasteiger charge is -1.84. The number of halogens is 1. The van der Waals surface area contributed by atoms with Gasteiger partial charge in [-0.3, -0.25) is 4.79 Å². The molecule has 0 aliphatic heterocycles. The van der Waals surface area contributed by atoms with Crippen molar-refractivity contribution >= 4 is 17.4 Å². The van der Waals surface area contributed by atoms with Crippen molar-refractivity contribution in [3.05, 3.63) is 11.6 Å². The monoisotopic (exact) mass is 132 g/mol. The summed E-state index contributed by atoms with van der Waals surface area (Å²) in [5.74, 6) is 0.0995. The molecule has 0 aliphatic carbocycles. The van der Waals surface area contributed by atoms with Crippen LogP contribution >= 0.6 is 11.6 Å². The summed E-state index contributed by atoms with van der Waals surface area (Å²) in [7, 11) is 0. The molecule has 1 nitrogen and oxygen atoms in total. The number of allylic oxidation sites excluding steroid dienone is 1. The van der Waals surface area contributed by atoms with Crippen molar-refractivity contribution < 1.29 is 4.79 Å². The third-order valence-electron chi connectivity index (χ3n) is 0.745. The fraction of sp³-hybridized carbons (Fsp3) is 0.500. The van der Waals surface area contributed by atoms with Gasteiger partial charge in [-0.05, 0) is 12.5 Å². The first-order valence-corrected chi connectivity index (χ1v) is 3.04. The van der Waals surface area contributed by atoms with E-state index in [0.29, 0.717) is 6.42 Å². The summed E-state index contributed by atoms with van der Waals surface area (Å²) in [5, 5.41) is 0. The zero-order chi connectivity index (χ0) is 6.41. The maximum absolute atomic E-state index is 10.5. The van der Waals surface area contributed by atoms with Crippen LogP contribution in [-0.2, 0) is 4.79 Å². The molecule has 0 fully saturated rings. The van der Waals surface area contributed by atoms with Crippen LogP contribution in [0.1, 0.15) is 19.8 Å². The molecule has 2 heteroatoms. The highest BCUT2D eigenvalue weighted by atomic mass is 35.5. The maximum atomic E-state index is 10.5. The van der Waals surface area contributed by atoms with Gasteiger partial charge in [0.1, 0.15) is 0 Å². The smallest absolute Gasteiger partial charge is 0.156 e. The zero-order valence-corrected chi connectivity index (χ0v) is 5.61. The van der Waals surface area contributed by atoms with Gasteiger partial charge >= 0.3 is 0 Å². The van der Waals surface area contributed by atoms with Crippen LogP contribution in [0.5, 0.6) is 0 Å². The molecule has 0 rings (SSSR count). The molecule has 0 saturated heterocycles. The Morgan fingerprint density at radius 3 is 2.75 bits per heavy atom. The highest BCUT2D eigenvalue weighted by Crippen LogP contribution is 1.90. The second kappa shape index (κ2) is 4.85. The van der Waals surface area contributed by atoms with Crippen molar-refractivity contribution in [2.45, 2.75) is 19.8 Å². The molecule has 0 radical (unpaired) electrons. The number of carbonyl (C=O) groups excluding carboxylic acids is 1. The molecule has 0 saturated carbocycles. The van der Waals surface area contributed by atoms with Crippen molar-refractivity contribution in [1.82, 2.24) is 0 Å². The van der Waals surface area contributed by atoms with E-state index in [1.165, 1.54) is 11.6 Å². The topological polar surface area (TPSA) is 17.1 Å². The van der Waals surface area contributed by atoms with E-state index in [-0.39, 0.29) is 5.78 Å². The van der Waals surface area contributed by atoms with Crippen molar-refractivity contribution in [1.29, 1.82) is 0 Å². The zero-order valence-electron chi connectivity index (χ0n) is 4.86. The van der Waals surface area contributed by atoms with Crippen LogP contribution < -0.4 is 0 Å². The molecule has 0 amide bonds. The Morgan fingerprint density at radius 1 is 1.75 bits per heavy atom. The Kier molecular flexibility index (Phi) is 4.67. The highest BCUT2D eigenvalue weighted by Gasteiger charge is 1.89. The van der Waals surface area contributed by atoms with Gasteiger partial charge in [-0.25, -0.2) is 0 Å². The van der Waals surface area contributed by atoms with Gasteiger partial charge < -0.3 is 0 Å². The van der Waals surface area contributed by atoms with Gasteiger partial charge in [0, 0.05) is 12.0 Å². The third kappa shape index (κ3) is 3.88. The van der Waals surface area contributed by atoms with E-state index in [1.54, 1.807) is 0 Å². The number of rotatable bonds is 3. The number of carbonyl (C=O) groups is 1. The van der Waals surface area contributed by atoms with Gasteiger partial charge in [0.25, 0.3) is 0 Å². The summed E-state index contributed by atoms with van der Waals surface area (Å²) in [4.78, 5) is 10.5. The highest BCUT2D eigenvalue weighted by molar-refractivity contribution is 6.26. The second-order valence-corrected chi connectivity index (χ2v) is 1.76. The Labute approximate surface area is 54.3 Å². The van der Waals surface area contributed by atoms with Gasteiger partial charge in [0.2, 0.25) is 0 Å². The van der Waals surface area contributed by atoms with Gasteiger partial charge in [-0.15, -0.1) is 0 Å². The number of hydrogen-bond donors (Lipinski definition) is 0. The van der Waals surface area contributed by atoms with E-state index in [2.05, 4.69) is 0 Å². The lowest BCUT2D eigenvalue weighted by atomic mass is 10.2. The molecule has 0 heterocycles. The molecular weight excluding hydrogens is 124 g/mol. The van der Waals surface area contributed by atoms with Gasteiger partial charge in [0.05, 0.1) is 0 Å². The minimum atomic E-state index is 0.0995. The summed E-state index contributed by atoms with van der Waals surface area (Å²) in [6, 6.07) is 0. The van der Waals surface area contributed by atoms with Gasteiger partial charge in [0.15, 0.2) is 5.78 Å². The van der Waals surface area contributed by atoms with Crippen LogP contribution in [0, 0.1) is 0 Å². The summed E-state index contributed by atoms with van der Waals surface area (Å²) in [5.41, 5.74) is 1.25. The van der Waals surface area contributed by atoms with E-state index in [9.17, 15) is 4.79 Å². The molecular formula is C6H9ClO. The molecule has 0 aliphatic rings. The lowest BCUT2D eigenvalue weighted by molar-refractivity contribution is -0.114. The Hall–Kier alpha value is -0.300. The van der Waals surface area contributed by atoms with E-state index in [1.807, 2.05) is 6.92 Å². The minimum Gasteiger partial charge on any atom is -0.295 e. The first-order valence-electron chi connectivity index (χ1n) is 2.61. The first-order chi connectivity index (χ1) is 3.81. The lowest BCUT2D eigenvalue weighted by Crippen LogP contribution is -1.88. The molecule has 0 aromatic heterocycles. The fourth-order valence-electron chi connectivity index (χ4n) is 0.400. The second-order valence-electron chi connectivity index (χ2n) is 1.51. The molecule has 0 bridgehead atoms. The van der Waals surface area contributed by atoms with Crippen LogP contribution in [0.4, 0.5) is 0 Å². The predicted molar refractivity (Wildman–Crippen MR) is 34.9 cm³/mol. The minimum absolute atomic E-state index is 0.0995. The summed E-state index contributed by atoms with van der Waals surface area (Å²) in [6.07, 6.45) is 2.87. The standard InChI is InChI=1S/C6H9ClO/c1-2-3-6(8)4-5-7/h4-5H,2-3H2,1H3. The van der Waals surface area contributed by atoms with Crippen LogP contribution in [0.15, 0.2) is 11.6 Å². The van der Waals surface area contributed by atoms with Crippen molar-refractivity contribution in [2.75, 3.05) is 0 Å². The Morgan fingerprint density at radius 2 is 2.38 bits per heavy atom. The quantitative estimate of drug-likeness (QED) is 0.538. The van der Waals surface area contributed by atoms with E-state index < -0.39 is 0 Å². The molecule has 0 spiro atoms. The fourth-order valence-corrected chi connectivity index (χ4v) is 0.541. The van der Waals surface area contributed by atoms with E-state index in [0.717, 1.165) is 6.42 Å². The van der Waals surface area contributed by atoms with E-state index >= 15 is 0 Å². The van der Waals surface area contributed by atoms with Crippen LogP contribution in [0.3, 0.4) is 0 Å². The van der Waals surface area contributed by atoms with E-state index in [4.69, 9.17) is 11.6 Å². The maximum Gasteiger partial charge on any atom is 0.156 e. The third-order valence-corrected chi connectivity index (χ3v) is 0.871. The van der Waals surface area contributed by atoms with Gasteiger partial charge in [-0.1, -0.05) is 18.5 Å². The molecule has 0 aromatic rings. The summed E-state index contributed by atoms with van der Waals surface area (Å²) < 4.78 is 0. The molecule has 8 heavy (non-hydrogen) atoms. The summed E-state index contributed by atoms with van der Waals surface area (Å²) in [6.45, 7) is 1.96. The average Bonchev–Trinajstić information content (AvgIpc) is 1.68. The Balaban J connectivity index is 3.33. The molecule has 0 N–H and O–H groups in total. The normalized spacial score (nSPS) is 10.2. The van der Waals surface area contributed by atoms with Crippen molar-refractivity contribution in [3.63, 3.8) is 0 Å². The predicted octanol–water partition coefficient (Wildman–Crippen LogP) is 2.11. The SMILES string of the molecule is CCCC(=O)C=CCl. The number of hydrogen-bond acceptors (Lipinski definition) is 1. The van der Waals surface area contributed by atoms with Crippen LogP contribution in [0.2, 0.25) is 0 Å². The number of ketones is 1. The van der Waals surface area contributed by atoms with Crippen LogP contribution in [-0.4, -0.2) is 5.78 Å². The largest absolute Gasteiger partial charge is 0.295 e. The van der Waals surface area contributed by atoms with Gasteiger partial charge in [-0.2, -0.15) is 0 Å². The molecule has 0 unspecified atom stereocenters. The van der Waals surface area contributed by atoms with Crippen LogP contribution in [0.25, 0.3) is 0 Å². The average molecular weight is 133 g/mol. The molecule has 0 aromatic carbocycles. The first kappa shape index (κ1) is 7.70. The summed E-state index contributed by atoms with van der Waals surface area (Å²) >= 11 is 5.13. The Bertz CT molecular complexity index is 96.7. The molecule has 46 valence electrons. The van der Waals surface area contributed by atoms with Crippen molar-refractivity contribution in [2.24, 2.45) is 0 Å².